The van der Waals surface area contributed by atoms with Crippen molar-refractivity contribution in [1.82, 2.24) is 0 Å². The first-order valence-corrected chi connectivity index (χ1v) is 12.0. The normalized spacial score (nSPS) is 10.5. The third-order valence-corrected chi connectivity index (χ3v) is 5.48. The van der Waals surface area contributed by atoms with Gasteiger partial charge in [0.15, 0.2) is 11.5 Å². The Morgan fingerprint density at radius 3 is 2.25 bits per heavy atom. The lowest BCUT2D eigenvalue weighted by molar-refractivity contribution is 0.267. The predicted octanol–water partition coefficient (Wildman–Crippen LogP) is 7.94. The van der Waals surface area contributed by atoms with Crippen LogP contribution in [0.3, 0.4) is 0 Å². The molecule has 4 aromatic rings. The molecule has 1 N–H and O–H groups in total. The molecule has 0 unspecified atom stereocenters. The van der Waals surface area contributed by atoms with Crippen LogP contribution in [0.15, 0.2) is 104 Å². The summed E-state index contributed by atoms with van der Waals surface area (Å²) < 4.78 is 31.2. The molecule has 0 spiro atoms. The molecule has 0 heterocycles. The highest BCUT2D eigenvalue weighted by Crippen LogP contribution is 2.35. The van der Waals surface area contributed by atoms with Crippen LogP contribution < -0.4 is 19.5 Å². The van der Waals surface area contributed by atoms with E-state index in [9.17, 15) is 4.39 Å². The molecular weight excluding hydrogens is 453 g/mol. The Hall–Kier alpha value is -4.25. The molecule has 184 valence electrons. The van der Waals surface area contributed by atoms with Crippen LogP contribution in [0.1, 0.15) is 23.6 Å². The lowest BCUT2D eigenvalue weighted by atomic mass is 10.0. The minimum Gasteiger partial charge on any atom is -0.490 e. The Bertz CT molecular complexity index is 1260. The van der Waals surface area contributed by atoms with Crippen molar-refractivity contribution in [3.63, 3.8) is 0 Å². The minimum atomic E-state index is -0.267. The van der Waals surface area contributed by atoms with Crippen molar-refractivity contribution in [3.8, 4) is 23.0 Å². The van der Waals surface area contributed by atoms with Gasteiger partial charge in [-0.3, -0.25) is 0 Å². The lowest BCUT2D eigenvalue weighted by Gasteiger charge is -2.18. The van der Waals surface area contributed by atoms with Crippen LogP contribution in [-0.4, -0.2) is 6.61 Å². The van der Waals surface area contributed by atoms with Gasteiger partial charge in [-0.05, 0) is 85.1 Å². The van der Waals surface area contributed by atoms with Gasteiger partial charge in [-0.2, -0.15) is 0 Å². The van der Waals surface area contributed by atoms with Crippen LogP contribution in [-0.2, 0) is 19.6 Å². The highest BCUT2D eigenvalue weighted by Gasteiger charge is 2.14. The van der Waals surface area contributed by atoms with Gasteiger partial charge in [-0.1, -0.05) is 36.4 Å². The topological polar surface area (TPSA) is 39.7 Å². The molecule has 4 aromatic carbocycles. The third-order valence-electron chi connectivity index (χ3n) is 5.48. The number of para-hydroxylation sites is 1. The molecule has 4 rings (SSSR count). The van der Waals surface area contributed by atoms with Gasteiger partial charge < -0.3 is 19.5 Å². The minimum absolute atomic E-state index is 0.267. The molecular formula is C31H30FNO3. The Kier molecular flexibility index (Phi) is 8.60. The average molecular weight is 484 g/mol. The maximum atomic E-state index is 13.2. The SMILES string of the molecule is C=CCc1cc(CNc2ccc(Oc3ccccc3)cc2)cc(OCC)c1OCc1ccc(F)cc1. The average Bonchev–Trinajstić information content (AvgIpc) is 2.90. The van der Waals surface area contributed by atoms with Gasteiger partial charge in [-0.25, -0.2) is 4.39 Å². The molecule has 0 aromatic heterocycles. The summed E-state index contributed by atoms with van der Waals surface area (Å²) in [5.74, 6) is 2.69. The second-order valence-corrected chi connectivity index (χ2v) is 8.22. The summed E-state index contributed by atoms with van der Waals surface area (Å²) in [4.78, 5) is 0. The largest absolute Gasteiger partial charge is 0.490 e. The molecule has 0 bridgehead atoms. The van der Waals surface area contributed by atoms with E-state index in [2.05, 4.69) is 18.0 Å². The first-order valence-electron chi connectivity index (χ1n) is 12.0. The highest BCUT2D eigenvalue weighted by atomic mass is 19.1. The number of hydrogen-bond acceptors (Lipinski definition) is 4. The maximum absolute atomic E-state index is 13.2. The number of rotatable bonds is 12. The third kappa shape index (κ3) is 6.89. The maximum Gasteiger partial charge on any atom is 0.165 e. The van der Waals surface area contributed by atoms with Crippen molar-refractivity contribution in [1.29, 1.82) is 0 Å². The van der Waals surface area contributed by atoms with E-state index in [1.807, 2.05) is 73.7 Å². The monoisotopic (exact) mass is 483 g/mol. The molecule has 4 nitrogen and oxygen atoms in total. The van der Waals surface area contributed by atoms with E-state index in [0.717, 1.165) is 33.9 Å². The van der Waals surface area contributed by atoms with Crippen LogP contribution in [0.2, 0.25) is 0 Å². The van der Waals surface area contributed by atoms with Gasteiger partial charge in [0.2, 0.25) is 0 Å². The van der Waals surface area contributed by atoms with E-state index in [-0.39, 0.29) is 5.82 Å². The number of nitrogens with one attached hydrogen (secondary N) is 1. The van der Waals surface area contributed by atoms with Gasteiger partial charge >= 0.3 is 0 Å². The zero-order valence-corrected chi connectivity index (χ0v) is 20.4. The first kappa shape index (κ1) is 24.9. The van der Waals surface area contributed by atoms with Crippen molar-refractivity contribution >= 4 is 5.69 Å². The Morgan fingerprint density at radius 2 is 1.56 bits per heavy atom. The lowest BCUT2D eigenvalue weighted by Crippen LogP contribution is -2.06. The summed E-state index contributed by atoms with van der Waals surface area (Å²) in [6, 6.07) is 28.0. The van der Waals surface area contributed by atoms with Crippen LogP contribution in [0.5, 0.6) is 23.0 Å². The van der Waals surface area contributed by atoms with E-state index in [4.69, 9.17) is 14.2 Å². The molecule has 0 fully saturated rings. The van der Waals surface area contributed by atoms with Crippen LogP contribution in [0.4, 0.5) is 10.1 Å². The number of halogens is 1. The van der Waals surface area contributed by atoms with E-state index in [0.29, 0.717) is 37.7 Å². The molecule has 0 aliphatic rings. The Labute approximate surface area is 212 Å². The van der Waals surface area contributed by atoms with Gasteiger partial charge in [0.05, 0.1) is 6.61 Å². The molecule has 0 saturated heterocycles. The van der Waals surface area contributed by atoms with Crippen molar-refractivity contribution in [3.05, 3.63) is 126 Å². The number of allylic oxidation sites excluding steroid dienone is 1. The molecule has 0 amide bonds. The molecule has 0 atom stereocenters. The summed E-state index contributed by atoms with van der Waals surface area (Å²) in [5.41, 5.74) is 3.92. The number of ether oxygens (including phenoxy) is 3. The molecule has 36 heavy (non-hydrogen) atoms. The summed E-state index contributed by atoms with van der Waals surface area (Å²) in [6.07, 6.45) is 2.48. The van der Waals surface area contributed by atoms with Crippen molar-refractivity contribution in [2.45, 2.75) is 26.5 Å². The number of anilines is 1. The molecule has 5 heteroatoms. The molecule has 0 aliphatic heterocycles. The van der Waals surface area contributed by atoms with Gasteiger partial charge in [0, 0.05) is 17.8 Å². The Morgan fingerprint density at radius 1 is 0.833 bits per heavy atom. The molecule has 0 aliphatic carbocycles. The zero-order chi connectivity index (χ0) is 25.2. The Balaban J connectivity index is 1.46. The fourth-order valence-corrected chi connectivity index (χ4v) is 3.76. The van der Waals surface area contributed by atoms with Crippen LogP contribution in [0.25, 0.3) is 0 Å². The van der Waals surface area contributed by atoms with E-state index >= 15 is 0 Å². The van der Waals surface area contributed by atoms with Crippen LogP contribution in [0, 0.1) is 5.82 Å². The van der Waals surface area contributed by atoms with Gasteiger partial charge in [0.25, 0.3) is 0 Å². The van der Waals surface area contributed by atoms with Crippen molar-refractivity contribution < 1.29 is 18.6 Å². The number of benzene rings is 4. The van der Waals surface area contributed by atoms with E-state index in [1.54, 1.807) is 12.1 Å². The van der Waals surface area contributed by atoms with E-state index in [1.165, 1.54) is 12.1 Å². The first-order chi connectivity index (χ1) is 17.6. The smallest absolute Gasteiger partial charge is 0.165 e. The molecule has 0 saturated carbocycles. The molecule has 0 radical (unpaired) electrons. The summed E-state index contributed by atoms with van der Waals surface area (Å²) in [5, 5.41) is 3.46. The van der Waals surface area contributed by atoms with Crippen molar-refractivity contribution in [2.75, 3.05) is 11.9 Å². The second kappa shape index (κ2) is 12.5. The quantitative estimate of drug-likeness (QED) is 0.208. The van der Waals surface area contributed by atoms with Crippen molar-refractivity contribution in [2.24, 2.45) is 0 Å². The predicted molar refractivity (Wildman–Crippen MR) is 143 cm³/mol. The standard InChI is InChI=1S/C31H30FNO3/c1-3-8-25-19-24(20-30(34-4-2)31(25)35-22-23-11-13-26(32)14-12-23)21-33-27-15-17-29(18-16-27)36-28-9-6-5-7-10-28/h3,5-7,9-20,33H,1,4,8,21-22H2,2H3. The highest BCUT2D eigenvalue weighted by molar-refractivity contribution is 5.52. The number of hydrogen-bond donors (Lipinski definition) is 1. The van der Waals surface area contributed by atoms with Gasteiger partial charge in [-0.15, -0.1) is 6.58 Å². The summed E-state index contributed by atoms with van der Waals surface area (Å²) in [7, 11) is 0. The fourth-order valence-electron chi connectivity index (χ4n) is 3.76. The second-order valence-electron chi connectivity index (χ2n) is 8.22. The fraction of sp³-hybridized carbons (Fsp3) is 0.161. The van der Waals surface area contributed by atoms with Gasteiger partial charge in [0.1, 0.15) is 23.9 Å². The van der Waals surface area contributed by atoms with Crippen LogP contribution >= 0.6 is 0 Å². The van der Waals surface area contributed by atoms with E-state index < -0.39 is 0 Å². The summed E-state index contributed by atoms with van der Waals surface area (Å²) >= 11 is 0. The zero-order valence-electron chi connectivity index (χ0n) is 20.4. The summed E-state index contributed by atoms with van der Waals surface area (Å²) in [6.45, 7) is 7.29.